The molecule has 94 valence electrons. The molecule has 1 amide bonds. The van der Waals surface area contributed by atoms with E-state index in [4.69, 9.17) is 4.74 Å². The highest BCUT2D eigenvalue weighted by Gasteiger charge is 2.16. The van der Waals surface area contributed by atoms with Crippen LogP contribution in [-0.2, 0) is 4.79 Å². The molecule has 0 saturated carbocycles. The van der Waals surface area contributed by atoms with E-state index in [9.17, 15) is 9.18 Å². The van der Waals surface area contributed by atoms with E-state index in [-0.39, 0.29) is 11.9 Å². The molecular formula is C12H15BrFNO2. The first-order valence-electron chi connectivity index (χ1n) is 5.32. The van der Waals surface area contributed by atoms with Crippen LogP contribution in [0.2, 0.25) is 0 Å². The summed E-state index contributed by atoms with van der Waals surface area (Å²) in [5.74, 6) is -0.313. The molecule has 0 bridgehead atoms. The van der Waals surface area contributed by atoms with E-state index >= 15 is 0 Å². The van der Waals surface area contributed by atoms with Gasteiger partial charge >= 0.3 is 0 Å². The molecule has 0 saturated heterocycles. The number of hydrogen-bond donors (Lipinski definition) is 1. The van der Waals surface area contributed by atoms with Gasteiger partial charge in [-0.2, -0.15) is 0 Å². The van der Waals surface area contributed by atoms with Crippen molar-refractivity contribution in [2.75, 3.05) is 0 Å². The molecular weight excluding hydrogens is 289 g/mol. The lowest BCUT2D eigenvalue weighted by Gasteiger charge is -2.17. The summed E-state index contributed by atoms with van der Waals surface area (Å²) < 4.78 is 19.0. The van der Waals surface area contributed by atoms with E-state index in [1.54, 1.807) is 6.92 Å². The van der Waals surface area contributed by atoms with Crippen molar-refractivity contribution in [1.82, 2.24) is 5.32 Å². The molecule has 0 heterocycles. The third-order valence-corrected chi connectivity index (χ3v) is 2.65. The molecule has 3 nitrogen and oxygen atoms in total. The average molecular weight is 304 g/mol. The molecule has 17 heavy (non-hydrogen) atoms. The van der Waals surface area contributed by atoms with Crippen LogP contribution < -0.4 is 10.1 Å². The van der Waals surface area contributed by atoms with Crippen molar-refractivity contribution in [3.63, 3.8) is 0 Å². The van der Waals surface area contributed by atoms with Crippen LogP contribution in [0.1, 0.15) is 20.8 Å². The summed E-state index contributed by atoms with van der Waals surface area (Å²) >= 11 is 3.24. The molecule has 1 N–H and O–H groups in total. The molecule has 1 aromatic rings. The van der Waals surface area contributed by atoms with Crippen molar-refractivity contribution < 1.29 is 13.9 Å². The summed E-state index contributed by atoms with van der Waals surface area (Å²) in [6.07, 6.45) is -0.671. The minimum absolute atomic E-state index is 0.0458. The lowest BCUT2D eigenvalue weighted by atomic mass is 10.3. The molecule has 5 heteroatoms. The van der Waals surface area contributed by atoms with Crippen LogP contribution in [0.5, 0.6) is 5.75 Å². The summed E-state index contributed by atoms with van der Waals surface area (Å²) in [5, 5.41) is 2.72. The van der Waals surface area contributed by atoms with Crippen LogP contribution in [0.25, 0.3) is 0 Å². The zero-order valence-electron chi connectivity index (χ0n) is 9.96. The number of amides is 1. The Hall–Kier alpha value is -1.10. The first-order valence-corrected chi connectivity index (χ1v) is 6.11. The van der Waals surface area contributed by atoms with E-state index in [1.165, 1.54) is 18.2 Å². The summed E-state index contributed by atoms with van der Waals surface area (Å²) in [6.45, 7) is 5.35. The van der Waals surface area contributed by atoms with Crippen LogP contribution in [0.4, 0.5) is 4.39 Å². The van der Waals surface area contributed by atoms with Crippen molar-refractivity contribution in [3.8, 4) is 5.75 Å². The van der Waals surface area contributed by atoms with Crippen molar-refractivity contribution in [2.45, 2.75) is 32.9 Å². The van der Waals surface area contributed by atoms with Crippen LogP contribution in [0.3, 0.4) is 0 Å². The summed E-state index contributed by atoms with van der Waals surface area (Å²) in [7, 11) is 0. The largest absolute Gasteiger partial charge is 0.480 e. The van der Waals surface area contributed by atoms with Crippen LogP contribution in [0, 0.1) is 5.82 Å². The molecule has 1 unspecified atom stereocenters. The van der Waals surface area contributed by atoms with E-state index in [1.807, 2.05) is 13.8 Å². The quantitative estimate of drug-likeness (QED) is 0.929. The van der Waals surface area contributed by atoms with Gasteiger partial charge in [0, 0.05) is 12.1 Å². The Morgan fingerprint density at radius 3 is 2.65 bits per heavy atom. The standard InChI is InChI=1S/C12H15BrFNO2/c1-7(2)15-12(16)8(3)17-11-6-9(14)4-5-10(11)13/h4-8H,1-3H3,(H,15,16). The number of benzene rings is 1. The SMILES string of the molecule is CC(C)NC(=O)C(C)Oc1cc(F)ccc1Br. The second-order valence-electron chi connectivity index (χ2n) is 4.00. The van der Waals surface area contributed by atoms with Gasteiger partial charge < -0.3 is 10.1 Å². The minimum atomic E-state index is -0.671. The molecule has 0 radical (unpaired) electrons. The Bertz CT molecular complexity index is 409. The summed E-state index contributed by atoms with van der Waals surface area (Å²) in [4.78, 5) is 11.6. The third-order valence-electron chi connectivity index (χ3n) is 2.00. The Kier molecular flexibility index (Phi) is 4.93. The second-order valence-corrected chi connectivity index (χ2v) is 4.85. The fraction of sp³-hybridized carbons (Fsp3) is 0.417. The van der Waals surface area contributed by atoms with Crippen molar-refractivity contribution in [1.29, 1.82) is 0 Å². The third kappa shape index (κ3) is 4.34. The van der Waals surface area contributed by atoms with Gasteiger partial charge in [-0.25, -0.2) is 4.39 Å². The molecule has 1 rings (SSSR count). The van der Waals surface area contributed by atoms with Crippen LogP contribution >= 0.6 is 15.9 Å². The fourth-order valence-corrected chi connectivity index (χ4v) is 1.55. The van der Waals surface area contributed by atoms with Gasteiger partial charge in [-0.05, 0) is 48.8 Å². The summed E-state index contributed by atoms with van der Waals surface area (Å²) in [6, 6.07) is 4.14. The maximum absolute atomic E-state index is 13.0. The van der Waals surface area contributed by atoms with Crippen molar-refractivity contribution >= 4 is 21.8 Å². The molecule has 0 aliphatic heterocycles. The molecule has 1 aromatic carbocycles. The Balaban J connectivity index is 2.70. The van der Waals surface area contributed by atoms with Gasteiger partial charge in [-0.1, -0.05) is 0 Å². The maximum atomic E-state index is 13.0. The molecule has 0 spiro atoms. The molecule has 0 aliphatic carbocycles. The minimum Gasteiger partial charge on any atom is -0.480 e. The first kappa shape index (κ1) is 14.0. The fourth-order valence-electron chi connectivity index (χ4n) is 1.21. The molecule has 0 fully saturated rings. The van der Waals surface area contributed by atoms with Gasteiger partial charge in [0.15, 0.2) is 6.10 Å². The predicted octanol–water partition coefficient (Wildman–Crippen LogP) is 2.88. The van der Waals surface area contributed by atoms with Gasteiger partial charge in [-0.15, -0.1) is 0 Å². The number of rotatable bonds is 4. The van der Waals surface area contributed by atoms with Gasteiger partial charge in [0.1, 0.15) is 11.6 Å². The number of ether oxygens (including phenoxy) is 1. The smallest absolute Gasteiger partial charge is 0.260 e. The predicted molar refractivity (Wildman–Crippen MR) is 67.5 cm³/mol. The number of nitrogens with one attached hydrogen (secondary N) is 1. The maximum Gasteiger partial charge on any atom is 0.260 e. The zero-order chi connectivity index (χ0) is 13.0. The monoisotopic (exact) mass is 303 g/mol. The van der Waals surface area contributed by atoms with E-state index in [0.29, 0.717) is 10.2 Å². The highest BCUT2D eigenvalue weighted by Crippen LogP contribution is 2.26. The van der Waals surface area contributed by atoms with Gasteiger partial charge in [0.2, 0.25) is 0 Å². The van der Waals surface area contributed by atoms with E-state index < -0.39 is 11.9 Å². The Labute approximate surface area is 108 Å². The highest BCUT2D eigenvalue weighted by molar-refractivity contribution is 9.10. The molecule has 0 aliphatic rings. The Morgan fingerprint density at radius 2 is 2.06 bits per heavy atom. The zero-order valence-corrected chi connectivity index (χ0v) is 11.5. The first-order chi connectivity index (χ1) is 7.90. The number of halogens is 2. The van der Waals surface area contributed by atoms with Gasteiger partial charge in [0.05, 0.1) is 4.47 Å². The number of carbonyl (C=O) groups excluding carboxylic acids is 1. The second kappa shape index (κ2) is 6.00. The normalized spacial score (nSPS) is 12.4. The van der Waals surface area contributed by atoms with E-state index in [0.717, 1.165) is 0 Å². The van der Waals surface area contributed by atoms with Gasteiger partial charge in [-0.3, -0.25) is 4.79 Å². The topological polar surface area (TPSA) is 38.3 Å². The lowest BCUT2D eigenvalue weighted by Crippen LogP contribution is -2.40. The average Bonchev–Trinajstić information content (AvgIpc) is 2.22. The highest BCUT2D eigenvalue weighted by atomic mass is 79.9. The van der Waals surface area contributed by atoms with Crippen molar-refractivity contribution in [3.05, 3.63) is 28.5 Å². The van der Waals surface area contributed by atoms with Crippen LogP contribution in [0.15, 0.2) is 22.7 Å². The molecule has 0 aromatic heterocycles. The van der Waals surface area contributed by atoms with Crippen molar-refractivity contribution in [2.24, 2.45) is 0 Å². The lowest BCUT2D eigenvalue weighted by molar-refractivity contribution is -0.127. The van der Waals surface area contributed by atoms with E-state index in [2.05, 4.69) is 21.2 Å². The number of hydrogen-bond acceptors (Lipinski definition) is 2. The molecule has 1 atom stereocenters. The van der Waals surface area contributed by atoms with Gasteiger partial charge in [0.25, 0.3) is 5.91 Å². The Morgan fingerprint density at radius 1 is 1.41 bits per heavy atom. The van der Waals surface area contributed by atoms with Crippen LogP contribution in [-0.4, -0.2) is 18.1 Å². The number of carbonyl (C=O) groups is 1. The summed E-state index contributed by atoms with van der Waals surface area (Å²) in [5.41, 5.74) is 0.